The molecule has 0 bridgehead atoms. The highest BCUT2D eigenvalue weighted by molar-refractivity contribution is 6.32. The van der Waals surface area contributed by atoms with E-state index >= 15 is 0 Å². The van der Waals surface area contributed by atoms with E-state index in [2.05, 4.69) is 0 Å². The van der Waals surface area contributed by atoms with Gasteiger partial charge in [0.1, 0.15) is 12.0 Å². The molecule has 1 aromatic rings. The maximum absolute atomic E-state index is 10.8. The highest BCUT2D eigenvalue weighted by Gasteiger charge is 2.16. The first kappa shape index (κ1) is 11.0. The van der Waals surface area contributed by atoms with Crippen LogP contribution in [-0.2, 0) is 4.79 Å². The molecule has 0 saturated carbocycles. The normalized spacial score (nSPS) is 14.8. The summed E-state index contributed by atoms with van der Waals surface area (Å²) in [5.74, 6) is -0.377. The van der Waals surface area contributed by atoms with Gasteiger partial charge in [0, 0.05) is 6.04 Å². The van der Waals surface area contributed by atoms with Crippen LogP contribution in [-0.4, -0.2) is 17.4 Å². The Kier molecular flexibility index (Phi) is 3.49. The Hall–Kier alpha value is -1.06. The molecule has 0 radical (unpaired) electrons. The molecule has 0 saturated heterocycles. The van der Waals surface area contributed by atoms with Gasteiger partial charge >= 0.3 is 0 Å². The van der Waals surface area contributed by atoms with E-state index in [4.69, 9.17) is 17.3 Å². The monoisotopic (exact) mass is 213 g/mol. The number of rotatable bonds is 3. The number of hydrogen-bond donors (Lipinski definition) is 2. The number of phenolic OH excluding ortho intramolecular Hbond substituents is 1. The summed E-state index contributed by atoms with van der Waals surface area (Å²) in [5.41, 5.74) is 6.35. The molecule has 14 heavy (non-hydrogen) atoms. The van der Waals surface area contributed by atoms with E-state index in [0.717, 1.165) is 11.8 Å². The number of phenols is 1. The predicted octanol–water partition coefficient (Wildman–Crippen LogP) is 1.68. The third kappa shape index (κ3) is 2.25. The Bertz CT molecular complexity index is 339. The number of aldehydes is 1. The van der Waals surface area contributed by atoms with Gasteiger partial charge in [0.25, 0.3) is 0 Å². The first-order valence-corrected chi connectivity index (χ1v) is 4.63. The summed E-state index contributed by atoms with van der Waals surface area (Å²) in [6.45, 7) is 1.75. The molecule has 0 aromatic heterocycles. The van der Waals surface area contributed by atoms with Gasteiger partial charge in [-0.2, -0.15) is 0 Å². The molecular weight excluding hydrogens is 202 g/mol. The smallest absolute Gasteiger partial charge is 0.134 e. The van der Waals surface area contributed by atoms with Gasteiger partial charge < -0.3 is 15.6 Å². The molecule has 3 nitrogen and oxygen atoms in total. The Morgan fingerprint density at radius 2 is 2.21 bits per heavy atom. The average molecular weight is 214 g/mol. The fourth-order valence-electron chi connectivity index (χ4n) is 1.24. The van der Waals surface area contributed by atoms with Crippen molar-refractivity contribution in [3.05, 3.63) is 28.8 Å². The highest BCUT2D eigenvalue weighted by atomic mass is 35.5. The van der Waals surface area contributed by atoms with Crippen LogP contribution in [0, 0.1) is 0 Å². The summed E-state index contributed by atoms with van der Waals surface area (Å²) in [6.07, 6.45) is 0.785. The summed E-state index contributed by atoms with van der Waals surface area (Å²) >= 11 is 5.71. The van der Waals surface area contributed by atoms with Gasteiger partial charge in [-0.15, -0.1) is 0 Å². The molecule has 1 rings (SSSR count). The summed E-state index contributed by atoms with van der Waals surface area (Å²) in [7, 11) is 0. The second-order valence-corrected chi connectivity index (χ2v) is 3.64. The maximum Gasteiger partial charge on any atom is 0.134 e. The van der Waals surface area contributed by atoms with Gasteiger partial charge in [-0.25, -0.2) is 0 Å². The second-order valence-electron chi connectivity index (χ2n) is 3.23. The fourth-order valence-corrected chi connectivity index (χ4v) is 1.43. The van der Waals surface area contributed by atoms with Crippen LogP contribution >= 0.6 is 11.6 Å². The van der Waals surface area contributed by atoms with Crippen molar-refractivity contribution < 1.29 is 9.90 Å². The van der Waals surface area contributed by atoms with Crippen molar-refractivity contribution in [1.82, 2.24) is 0 Å². The van der Waals surface area contributed by atoms with Crippen molar-refractivity contribution in [3.63, 3.8) is 0 Å². The Balaban J connectivity index is 3.05. The van der Waals surface area contributed by atoms with Crippen molar-refractivity contribution in [3.8, 4) is 5.75 Å². The fraction of sp³-hybridized carbons (Fsp3) is 0.300. The number of halogens is 1. The summed E-state index contributed by atoms with van der Waals surface area (Å²) < 4.78 is 0. The van der Waals surface area contributed by atoms with Crippen LogP contribution in [0.25, 0.3) is 0 Å². The molecule has 0 heterocycles. The summed E-state index contributed by atoms with van der Waals surface area (Å²) in [4.78, 5) is 10.8. The van der Waals surface area contributed by atoms with Gasteiger partial charge in [-0.1, -0.05) is 17.7 Å². The van der Waals surface area contributed by atoms with Crippen LogP contribution in [0.3, 0.4) is 0 Å². The van der Waals surface area contributed by atoms with E-state index in [0.29, 0.717) is 0 Å². The van der Waals surface area contributed by atoms with E-state index < -0.39 is 0 Å². The minimum atomic E-state index is -0.381. The zero-order chi connectivity index (χ0) is 10.7. The molecule has 4 heteroatoms. The zero-order valence-corrected chi connectivity index (χ0v) is 8.53. The topological polar surface area (TPSA) is 63.3 Å². The molecule has 0 spiro atoms. The lowest BCUT2D eigenvalue weighted by molar-refractivity contribution is -0.109. The SMILES string of the molecule is CC(N)C(C=O)c1ccc(O)c(Cl)c1. The Morgan fingerprint density at radius 3 is 2.64 bits per heavy atom. The third-order valence-electron chi connectivity index (χ3n) is 2.07. The van der Waals surface area contributed by atoms with E-state index in [-0.39, 0.29) is 22.7 Å². The van der Waals surface area contributed by atoms with Crippen LogP contribution < -0.4 is 5.73 Å². The highest BCUT2D eigenvalue weighted by Crippen LogP contribution is 2.27. The lowest BCUT2D eigenvalue weighted by atomic mass is 9.94. The van der Waals surface area contributed by atoms with Crippen LogP contribution in [0.5, 0.6) is 5.75 Å². The van der Waals surface area contributed by atoms with Crippen molar-refractivity contribution in [2.75, 3.05) is 0 Å². The van der Waals surface area contributed by atoms with E-state index in [1.165, 1.54) is 6.07 Å². The van der Waals surface area contributed by atoms with Crippen molar-refractivity contribution in [1.29, 1.82) is 0 Å². The third-order valence-corrected chi connectivity index (χ3v) is 2.37. The maximum atomic E-state index is 10.8. The van der Waals surface area contributed by atoms with Gasteiger partial charge in [0.05, 0.1) is 10.9 Å². The molecule has 0 amide bonds. The summed E-state index contributed by atoms with van der Waals surface area (Å²) in [6, 6.07) is 4.38. The van der Waals surface area contributed by atoms with Crippen LogP contribution in [0.4, 0.5) is 0 Å². The average Bonchev–Trinajstić information content (AvgIpc) is 2.11. The Labute approximate surface area is 87.5 Å². The minimum Gasteiger partial charge on any atom is -0.506 e. The second kappa shape index (κ2) is 4.44. The number of nitrogens with two attached hydrogens (primary N) is 1. The van der Waals surface area contributed by atoms with Crippen molar-refractivity contribution >= 4 is 17.9 Å². The zero-order valence-electron chi connectivity index (χ0n) is 7.77. The van der Waals surface area contributed by atoms with Crippen molar-refractivity contribution in [2.45, 2.75) is 18.9 Å². The number of benzene rings is 1. The van der Waals surface area contributed by atoms with Gasteiger partial charge in [-0.3, -0.25) is 0 Å². The molecular formula is C10H12ClNO2. The number of aromatic hydroxyl groups is 1. The molecule has 76 valence electrons. The van der Waals surface area contributed by atoms with Crippen LogP contribution in [0.15, 0.2) is 18.2 Å². The first-order chi connectivity index (χ1) is 6.56. The predicted molar refractivity (Wildman–Crippen MR) is 55.6 cm³/mol. The number of carbonyl (C=O) groups is 1. The number of hydrogen-bond acceptors (Lipinski definition) is 3. The molecule has 0 aliphatic carbocycles. The van der Waals surface area contributed by atoms with E-state index in [1.54, 1.807) is 19.1 Å². The quantitative estimate of drug-likeness (QED) is 0.751. The molecule has 0 fully saturated rings. The minimum absolute atomic E-state index is 0.00439. The van der Waals surface area contributed by atoms with Crippen LogP contribution in [0.1, 0.15) is 18.4 Å². The van der Waals surface area contributed by atoms with Gasteiger partial charge in [0.2, 0.25) is 0 Å². The molecule has 2 unspecified atom stereocenters. The first-order valence-electron chi connectivity index (χ1n) is 4.25. The van der Waals surface area contributed by atoms with Crippen molar-refractivity contribution in [2.24, 2.45) is 5.73 Å². The van der Waals surface area contributed by atoms with E-state index in [1.807, 2.05) is 0 Å². The lowest BCUT2D eigenvalue weighted by Gasteiger charge is -2.14. The molecule has 2 atom stereocenters. The Morgan fingerprint density at radius 1 is 1.57 bits per heavy atom. The van der Waals surface area contributed by atoms with Gasteiger partial charge in [-0.05, 0) is 24.6 Å². The van der Waals surface area contributed by atoms with Gasteiger partial charge in [0.15, 0.2) is 0 Å². The molecule has 1 aromatic carbocycles. The largest absolute Gasteiger partial charge is 0.506 e. The molecule has 3 N–H and O–H groups in total. The van der Waals surface area contributed by atoms with Crippen LogP contribution in [0.2, 0.25) is 5.02 Å². The lowest BCUT2D eigenvalue weighted by Crippen LogP contribution is -2.25. The number of carbonyl (C=O) groups excluding carboxylic acids is 1. The molecule has 0 aliphatic heterocycles. The molecule has 0 aliphatic rings. The summed E-state index contributed by atoms with van der Waals surface area (Å²) in [5, 5.41) is 9.42. The van der Waals surface area contributed by atoms with E-state index in [9.17, 15) is 9.90 Å². The standard InChI is InChI=1S/C10H12ClNO2/c1-6(12)8(5-13)7-2-3-10(14)9(11)4-7/h2-6,8,14H,12H2,1H3.